The third-order valence-electron chi connectivity index (χ3n) is 4.33. The molecule has 0 saturated heterocycles. The lowest BCUT2D eigenvalue weighted by molar-refractivity contribution is 0.406. The largest absolute Gasteiger partial charge is 0.358 e. The topological polar surface area (TPSA) is 15.8 Å². The Bertz CT molecular complexity index is 560. The maximum absolute atomic E-state index is 3.65. The summed E-state index contributed by atoms with van der Waals surface area (Å²) in [5, 5.41) is 1.44. The molecule has 90 valence electrons. The first-order valence-electron chi connectivity index (χ1n) is 6.62. The average molecular weight is 227 g/mol. The number of nitrogens with one attached hydrogen (secondary N) is 1. The SMILES string of the molecule is CC(C)C1CC(C)(C)c2[nH]c3ccccc3c21. The zero-order chi connectivity index (χ0) is 12.2. The van der Waals surface area contributed by atoms with Crippen LogP contribution in [0, 0.1) is 5.92 Å². The molecular formula is C16H21N. The van der Waals surface area contributed by atoms with Crippen LogP contribution in [0.3, 0.4) is 0 Å². The maximum Gasteiger partial charge on any atom is 0.0459 e. The zero-order valence-corrected chi connectivity index (χ0v) is 11.2. The Morgan fingerprint density at radius 1 is 1.24 bits per heavy atom. The van der Waals surface area contributed by atoms with E-state index < -0.39 is 0 Å². The van der Waals surface area contributed by atoms with Crippen LogP contribution < -0.4 is 0 Å². The smallest absolute Gasteiger partial charge is 0.0459 e. The molecule has 0 aliphatic heterocycles. The highest BCUT2D eigenvalue weighted by molar-refractivity contribution is 5.86. The van der Waals surface area contributed by atoms with E-state index in [0.29, 0.717) is 11.3 Å². The van der Waals surface area contributed by atoms with Gasteiger partial charge in [0.15, 0.2) is 0 Å². The summed E-state index contributed by atoms with van der Waals surface area (Å²) in [5.41, 5.74) is 4.65. The fraction of sp³-hybridized carbons (Fsp3) is 0.500. The number of benzene rings is 1. The molecule has 3 rings (SSSR count). The summed E-state index contributed by atoms with van der Waals surface area (Å²) < 4.78 is 0. The van der Waals surface area contributed by atoms with Crippen molar-refractivity contribution in [1.82, 2.24) is 4.98 Å². The van der Waals surface area contributed by atoms with E-state index in [1.165, 1.54) is 23.0 Å². The fourth-order valence-corrected chi connectivity index (χ4v) is 3.41. The molecule has 0 bridgehead atoms. The van der Waals surface area contributed by atoms with Crippen molar-refractivity contribution in [2.24, 2.45) is 5.92 Å². The Balaban J connectivity index is 2.31. The predicted molar refractivity (Wildman–Crippen MR) is 73.5 cm³/mol. The van der Waals surface area contributed by atoms with Crippen LogP contribution in [0.4, 0.5) is 0 Å². The van der Waals surface area contributed by atoms with Gasteiger partial charge in [-0.25, -0.2) is 0 Å². The van der Waals surface area contributed by atoms with E-state index in [0.717, 1.165) is 5.92 Å². The molecule has 1 nitrogen and oxygen atoms in total. The second kappa shape index (κ2) is 3.38. The second-order valence-corrected chi connectivity index (χ2v) is 6.40. The number of hydrogen-bond donors (Lipinski definition) is 1. The summed E-state index contributed by atoms with van der Waals surface area (Å²) in [5.74, 6) is 1.42. The van der Waals surface area contributed by atoms with Crippen molar-refractivity contribution in [1.29, 1.82) is 0 Å². The van der Waals surface area contributed by atoms with Crippen LogP contribution in [-0.4, -0.2) is 4.98 Å². The van der Waals surface area contributed by atoms with Crippen LogP contribution in [0.2, 0.25) is 0 Å². The normalized spacial score (nSPS) is 22.3. The van der Waals surface area contributed by atoms with Crippen LogP contribution in [0.15, 0.2) is 24.3 Å². The highest BCUT2D eigenvalue weighted by Crippen LogP contribution is 2.51. The van der Waals surface area contributed by atoms with Crippen molar-refractivity contribution in [2.45, 2.75) is 45.4 Å². The fourth-order valence-electron chi connectivity index (χ4n) is 3.41. The van der Waals surface area contributed by atoms with Gasteiger partial charge >= 0.3 is 0 Å². The Kier molecular flexibility index (Phi) is 2.16. The van der Waals surface area contributed by atoms with Gasteiger partial charge in [0.05, 0.1) is 0 Å². The Morgan fingerprint density at radius 3 is 2.65 bits per heavy atom. The third kappa shape index (κ3) is 1.45. The molecule has 1 unspecified atom stereocenters. The van der Waals surface area contributed by atoms with Crippen molar-refractivity contribution in [3.63, 3.8) is 0 Å². The van der Waals surface area contributed by atoms with Gasteiger partial charge in [0.1, 0.15) is 0 Å². The Hall–Kier alpha value is -1.24. The monoisotopic (exact) mass is 227 g/mol. The molecule has 17 heavy (non-hydrogen) atoms. The second-order valence-electron chi connectivity index (χ2n) is 6.40. The van der Waals surface area contributed by atoms with E-state index in [4.69, 9.17) is 0 Å². The van der Waals surface area contributed by atoms with Crippen molar-refractivity contribution in [3.8, 4) is 0 Å². The number of H-pyrrole nitrogens is 1. The highest BCUT2D eigenvalue weighted by Gasteiger charge is 2.40. The molecule has 1 aromatic heterocycles. The number of para-hydroxylation sites is 1. The van der Waals surface area contributed by atoms with E-state index >= 15 is 0 Å². The quantitative estimate of drug-likeness (QED) is 0.733. The molecule has 0 saturated carbocycles. The summed E-state index contributed by atoms with van der Waals surface area (Å²) >= 11 is 0. The van der Waals surface area contributed by atoms with Gasteiger partial charge in [-0.2, -0.15) is 0 Å². The molecule has 1 aliphatic rings. The van der Waals surface area contributed by atoms with Crippen molar-refractivity contribution < 1.29 is 0 Å². The number of rotatable bonds is 1. The van der Waals surface area contributed by atoms with Crippen LogP contribution in [0.5, 0.6) is 0 Å². The summed E-state index contributed by atoms with van der Waals surface area (Å²) in [6.07, 6.45) is 1.27. The van der Waals surface area contributed by atoms with Gasteiger partial charge in [-0.3, -0.25) is 0 Å². The first kappa shape index (κ1) is 10.9. The lowest BCUT2D eigenvalue weighted by atomic mass is 9.84. The number of hydrogen-bond acceptors (Lipinski definition) is 0. The molecule has 1 heterocycles. The molecule has 1 atom stereocenters. The molecular weight excluding hydrogens is 206 g/mol. The summed E-state index contributed by atoms with van der Waals surface area (Å²) in [6, 6.07) is 8.73. The molecule has 0 amide bonds. The standard InChI is InChI=1S/C16H21N/c1-10(2)12-9-16(3,4)15-14(12)11-7-5-6-8-13(11)17-15/h5-8,10,12,17H,9H2,1-4H3. The average Bonchev–Trinajstić information content (AvgIpc) is 2.75. The van der Waals surface area contributed by atoms with Crippen LogP contribution in [0.25, 0.3) is 10.9 Å². The minimum atomic E-state index is 0.295. The van der Waals surface area contributed by atoms with E-state index in [2.05, 4.69) is 56.9 Å². The molecule has 1 N–H and O–H groups in total. The number of aromatic nitrogens is 1. The zero-order valence-electron chi connectivity index (χ0n) is 11.2. The van der Waals surface area contributed by atoms with Gasteiger partial charge in [-0.15, -0.1) is 0 Å². The van der Waals surface area contributed by atoms with Gasteiger partial charge in [-0.05, 0) is 29.9 Å². The minimum Gasteiger partial charge on any atom is -0.358 e. The van der Waals surface area contributed by atoms with E-state index in [1.54, 1.807) is 5.56 Å². The van der Waals surface area contributed by atoms with Crippen LogP contribution >= 0.6 is 0 Å². The first-order valence-corrected chi connectivity index (χ1v) is 6.62. The number of fused-ring (bicyclic) bond motifs is 3. The summed E-state index contributed by atoms with van der Waals surface area (Å²) in [4.78, 5) is 3.65. The van der Waals surface area contributed by atoms with Crippen molar-refractivity contribution in [2.75, 3.05) is 0 Å². The predicted octanol–water partition coefficient (Wildman–Crippen LogP) is 4.59. The molecule has 1 aliphatic carbocycles. The van der Waals surface area contributed by atoms with Crippen molar-refractivity contribution in [3.05, 3.63) is 35.5 Å². The van der Waals surface area contributed by atoms with Crippen LogP contribution in [-0.2, 0) is 5.41 Å². The van der Waals surface area contributed by atoms with E-state index in [9.17, 15) is 0 Å². The van der Waals surface area contributed by atoms with Gasteiger partial charge in [0.25, 0.3) is 0 Å². The van der Waals surface area contributed by atoms with E-state index in [1.807, 2.05) is 0 Å². The summed E-state index contributed by atoms with van der Waals surface area (Å²) in [6.45, 7) is 9.42. The van der Waals surface area contributed by atoms with Gasteiger partial charge < -0.3 is 4.98 Å². The molecule has 1 heteroatoms. The summed E-state index contributed by atoms with van der Waals surface area (Å²) in [7, 11) is 0. The molecule has 2 aromatic rings. The Morgan fingerprint density at radius 2 is 1.94 bits per heavy atom. The minimum absolute atomic E-state index is 0.295. The highest BCUT2D eigenvalue weighted by atomic mass is 14.8. The molecule has 0 spiro atoms. The molecule has 0 radical (unpaired) electrons. The molecule has 0 fully saturated rings. The van der Waals surface area contributed by atoms with Gasteiger partial charge in [0.2, 0.25) is 0 Å². The van der Waals surface area contributed by atoms with E-state index in [-0.39, 0.29) is 0 Å². The first-order chi connectivity index (χ1) is 8.00. The third-order valence-corrected chi connectivity index (χ3v) is 4.33. The van der Waals surface area contributed by atoms with Gasteiger partial charge in [0, 0.05) is 22.0 Å². The lowest BCUT2D eigenvalue weighted by Crippen LogP contribution is -2.14. The molecule has 1 aromatic carbocycles. The number of aromatic amines is 1. The van der Waals surface area contributed by atoms with Crippen LogP contribution in [0.1, 0.15) is 51.3 Å². The lowest BCUT2D eigenvalue weighted by Gasteiger charge is -2.21. The maximum atomic E-state index is 3.65. The Labute approximate surface area is 103 Å². The van der Waals surface area contributed by atoms with Crippen molar-refractivity contribution >= 4 is 10.9 Å². The van der Waals surface area contributed by atoms with Gasteiger partial charge in [-0.1, -0.05) is 45.9 Å².